The van der Waals surface area contributed by atoms with Crippen molar-refractivity contribution in [3.63, 3.8) is 0 Å². The van der Waals surface area contributed by atoms with E-state index in [-0.39, 0.29) is 5.78 Å². The summed E-state index contributed by atoms with van der Waals surface area (Å²) in [4.78, 5) is 17.3. The molecule has 26 heavy (non-hydrogen) atoms. The standard InChI is InChI=1S/C21H21BrN2OS/c1-13(2)20-17-6-4-3-5-16(17)18(11-23)21(24-20)26-12-19(25)14-7-9-15(22)10-8-14/h7-10,13H,3-6,12H2,1-2H3. The van der Waals surface area contributed by atoms with Gasteiger partial charge in [-0.2, -0.15) is 5.26 Å². The van der Waals surface area contributed by atoms with Crippen LogP contribution in [-0.2, 0) is 12.8 Å². The zero-order valence-electron chi connectivity index (χ0n) is 15.0. The number of halogens is 1. The van der Waals surface area contributed by atoms with Crippen LogP contribution < -0.4 is 0 Å². The Kier molecular flexibility index (Phi) is 6.16. The molecular formula is C21H21BrN2OS. The third-order valence-electron chi connectivity index (χ3n) is 4.68. The Bertz CT molecular complexity index is 869. The molecule has 0 bridgehead atoms. The maximum atomic E-state index is 12.5. The third-order valence-corrected chi connectivity index (χ3v) is 6.18. The Morgan fingerprint density at radius 3 is 2.50 bits per heavy atom. The van der Waals surface area contributed by atoms with E-state index in [0.29, 0.717) is 27.8 Å². The maximum absolute atomic E-state index is 12.5. The van der Waals surface area contributed by atoms with Crippen molar-refractivity contribution >= 4 is 33.5 Å². The van der Waals surface area contributed by atoms with Gasteiger partial charge in [-0.3, -0.25) is 4.79 Å². The van der Waals surface area contributed by atoms with Crippen LogP contribution in [0.4, 0.5) is 0 Å². The van der Waals surface area contributed by atoms with Gasteiger partial charge in [-0.15, -0.1) is 0 Å². The number of Topliss-reactive ketones (excluding diaryl/α,β-unsaturated/α-hetero) is 1. The first-order valence-corrected chi connectivity index (χ1v) is 10.7. The smallest absolute Gasteiger partial charge is 0.173 e. The number of nitrogens with zero attached hydrogens (tertiary/aromatic N) is 2. The minimum atomic E-state index is 0.0528. The molecule has 0 fully saturated rings. The van der Waals surface area contributed by atoms with Crippen LogP contribution in [-0.4, -0.2) is 16.5 Å². The molecule has 1 aliphatic rings. The van der Waals surface area contributed by atoms with E-state index in [9.17, 15) is 10.1 Å². The number of ketones is 1. The van der Waals surface area contributed by atoms with Crippen LogP contribution in [0.3, 0.4) is 0 Å². The van der Waals surface area contributed by atoms with Crippen molar-refractivity contribution in [1.82, 2.24) is 4.98 Å². The molecule has 0 unspecified atom stereocenters. The number of benzene rings is 1. The average Bonchev–Trinajstić information content (AvgIpc) is 2.65. The molecular weight excluding hydrogens is 408 g/mol. The van der Waals surface area contributed by atoms with Gasteiger partial charge in [0.1, 0.15) is 11.1 Å². The van der Waals surface area contributed by atoms with Gasteiger partial charge in [0.05, 0.1) is 11.3 Å². The van der Waals surface area contributed by atoms with Crippen molar-refractivity contribution in [1.29, 1.82) is 5.26 Å². The van der Waals surface area contributed by atoms with E-state index in [0.717, 1.165) is 41.4 Å². The fraction of sp³-hybridized carbons (Fsp3) is 0.381. The van der Waals surface area contributed by atoms with Crippen LogP contribution in [0.15, 0.2) is 33.8 Å². The summed E-state index contributed by atoms with van der Waals surface area (Å²) in [6.45, 7) is 4.29. The molecule has 134 valence electrons. The Balaban J connectivity index is 1.89. The van der Waals surface area contributed by atoms with Crippen LogP contribution in [0.2, 0.25) is 0 Å². The van der Waals surface area contributed by atoms with E-state index in [1.54, 1.807) is 0 Å². The number of carbonyl (C=O) groups is 1. The minimum absolute atomic E-state index is 0.0528. The number of nitriles is 1. The molecule has 1 aromatic carbocycles. The molecule has 0 atom stereocenters. The van der Waals surface area contributed by atoms with Gasteiger partial charge in [0.2, 0.25) is 0 Å². The van der Waals surface area contributed by atoms with Crippen LogP contribution in [0.25, 0.3) is 0 Å². The van der Waals surface area contributed by atoms with Crippen molar-refractivity contribution in [3.05, 3.63) is 56.7 Å². The van der Waals surface area contributed by atoms with Crippen LogP contribution >= 0.6 is 27.7 Å². The van der Waals surface area contributed by atoms with Gasteiger partial charge in [-0.1, -0.05) is 53.7 Å². The van der Waals surface area contributed by atoms with Crippen molar-refractivity contribution in [2.24, 2.45) is 0 Å². The van der Waals surface area contributed by atoms with E-state index < -0.39 is 0 Å². The second-order valence-corrected chi connectivity index (χ2v) is 8.71. The fourth-order valence-corrected chi connectivity index (χ4v) is 4.55. The zero-order chi connectivity index (χ0) is 18.7. The van der Waals surface area contributed by atoms with E-state index in [2.05, 4.69) is 35.8 Å². The van der Waals surface area contributed by atoms with Crippen molar-refractivity contribution in [2.45, 2.75) is 50.5 Å². The highest BCUT2D eigenvalue weighted by Gasteiger charge is 2.24. The molecule has 0 saturated heterocycles. The summed E-state index contributed by atoms with van der Waals surface area (Å²) in [6, 6.07) is 9.73. The highest BCUT2D eigenvalue weighted by atomic mass is 79.9. The van der Waals surface area contributed by atoms with Gasteiger partial charge in [0.15, 0.2) is 5.78 Å². The number of hydrogen-bond acceptors (Lipinski definition) is 4. The molecule has 1 heterocycles. The number of carbonyl (C=O) groups excluding carboxylic acids is 1. The Hall–Kier alpha value is -1.64. The van der Waals surface area contributed by atoms with Crippen LogP contribution in [0.5, 0.6) is 0 Å². The summed E-state index contributed by atoms with van der Waals surface area (Å²) in [7, 11) is 0. The predicted octanol–water partition coefficient (Wildman–Crippen LogP) is 5.69. The third kappa shape index (κ3) is 4.02. The molecule has 2 aromatic rings. The summed E-state index contributed by atoms with van der Waals surface area (Å²) >= 11 is 4.77. The SMILES string of the molecule is CC(C)c1nc(SCC(=O)c2ccc(Br)cc2)c(C#N)c2c1CCCC2. The van der Waals surface area contributed by atoms with Gasteiger partial charge < -0.3 is 0 Å². The van der Waals surface area contributed by atoms with Crippen molar-refractivity contribution in [2.75, 3.05) is 5.75 Å². The zero-order valence-corrected chi connectivity index (χ0v) is 17.4. The van der Waals surface area contributed by atoms with Crippen LogP contribution in [0, 0.1) is 11.3 Å². The van der Waals surface area contributed by atoms with Crippen molar-refractivity contribution < 1.29 is 4.79 Å². The minimum Gasteiger partial charge on any atom is -0.293 e. The molecule has 3 nitrogen and oxygen atoms in total. The van der Waals surface area contributed by atoms with Gasteiger partial charge in [0, 0.05) is 15.7 Å². The number of aromatic nitrogens is 1. The first-order valence-electron chi connectivity index (χ1n) is 8.88. The van der Waals surface area contributed by atoms with Gasteiger partial charge >= 0.3 is 0 Å². The summed E-state index contributed by atoms with van der Waals surface area (Å²) < 4.78 is 0.950. The normalized spacial score (nSPS) is 13.3. The summed E-state index contributed by atoms with van der Waals surface area (Å²) in [6.07, 6.45) is 4.22. The maximum Gasteiger partial charge on any atom is 0.173 e. The number of rotatable bonds is 5. The van der Waals surface area contributed by atoms with Crippen molar-refractivity contribution in [3.8, 4) is 6.07 Å². The highest BCUT2D eigenvalue weighted by Crippen LogP contribution is 2.35. The second-order valence-electron chi connectivity index (χ2n) is 6.83. The topological polar surface area (TPSA) is 53.8 Å². The Morgan fingerprint density at radius 2 is 1.88 bits per heavy atom. The Morgan fingerprint density at radius 1 is 1.23 bits per heavy atom. The molecule has 5 heteroatoms. The Labute approximate surface area is 167 Å². The first kappa shape index (κ1) is 19.1. The largest absolute Gasteiger partial charge is 0.293 e. The van der Waals surface area contributed by atoms with E-state index >= 15 is 0 Å². The lowest BCUT2D eigenvalue weighted by atomic mass is 9.86. The fourth-order valence-electron chi connectivity index (χ4n) is 3.38. The van der Waals surface area contributed by atoms with Gasteiger partial charge in [0.25, 0.3) is 0 Å². The lowest BCUT2D eigenvalue weighted by Gasteiger charge is -2.23. The molecule has 0 N–H and O–H groups in total. The predicted molar refractivity (Wildman–Crippen MR) is 109 cm³/mol. The molecule has 0 spiro atoms. The number of fused-ring (bicyclic) bond motifs is 1. The van der Waals surface area contributed by atoms with Crippen LogP contribution in [0.1, 0.15) is 65.3 Å². The van der Waals surface area contributed by atoms with Gasteiger partial charge in [-0.05, 0) is 54.9 Å². The average molecular weight is 429 g/mol. The number of hydrogen-bond donors (Lipinski definition) is 0. The quantitative estimate of drug-likeness (QED) is 0.452. The number of pyridine rings is 1. The lowest BCUT2D eigenvalue weighted by Crippen LogP contribution is -2.14. The molecule has 1 aromatic heterocycles. The lowest BCUT2D eigenvalue weighted by molar-refractivity contribution is 0.102. The molecule has 3 rings (SSSR count). The molecule has 0 amide bonds. The highest BCUT2D eigenvalue weighted by molar-refractivity contribution is 9.10. The summed E-state index contributed by atoms with van der Waals surface area (Å²) in [5.74, 6) is 0.660. The van der Waals surface area contributed by atoms with E-state index in [4.69, 9.17) is 4.98 Å². The first-order chi connectivity index (χ1) is 12.5. The molecule has 0 aliphatic heterocycles. The monoisotopic (exact) mass is 428 g/mol. The molecule has 0 saturated carbocycles. The van der Waals surface area contributed by atoms with E-state index in [1.807, 2.05) is 24.3 Å². The molecule has 0 radical (unpaired) electrons. The summed E-state index contributed by atoms with van der Waals surface area (Å²) in [5, 5.41) is 10.4. The number of thioether (sulfide) groups is 1. The second kappa shape index (κ2) is 8.37. The van der Waals surface area contributed by atoms with E-state index in [1.165, 1.54) is 17.3 Å². The van der Waals surface area contributed by atoms with Gasteiger partial charge in [-0.25, -0.2) is 4.98 Å². The summed E-state index contributed by atoms with van der Waals surface area (Å²) in [5.41, 5.74) is 4.89. The molecule has 1 aliphatic carbocycles.